The Morgan fingerprint density at radius 3 is 2.68 bits per heavy atom. The minimum absolute atomic E-state index is 0.100. The highest BCUT2D eigenvalue weighted by Crippen LogP contribution is 2.31. The van der Waals surface area contributed by atoms with Crippen molar-refractivity contribution in [3.05, 3.63) is 41.6 Å². The van der Waals surface area contributed by atoms with Gasteiger partial charge in [0, 0.05) is 17.8 Å². The van der Waals surface area contributed by atoms with Gasteiger partial charge in [-0.1, -0.05) is 33.3 Å². The van der Waals surface area contributed by atoms with Crippen LogP contribution in [0.15, 0.2) is 30.5 Å². The van der Waals surface area contributed by atoms with Crippen LogP contribution in [0.3, 0.4) is 0 Å². The molecule has 0 atom stereocenters. The number of aromatic nitrogens is 3. The molecule has 2 aromatic heterocycles. The van der Waals surface area contributed by atoms with E-state index >= 15 is 0 Å². The molecule has 5 heteroatoms. The number of nitrogens with one attached hydrogen (secondary N) is 2. The summed E-state index contributed by atoms with van der Waals surface area (Å²) in [6, 6.07) is 8.33. The quantitative estimate of drug-likeness (QED) is 0.476. The number of benzene rings is 1. The SMILES string of the molecule is Cc1c(C(C)(C)C)ccc2[nH]c(-c3ccnc(OCCCCC4CCNCC4)c3)nc12. The van der Waals surface area contributed by atoms with Gasteiger partial charge in [0.2, 0.25) is 5.88 Å². The maximum atomic E-state index is 5.95. The van der Waals surface area contributed by atoms with Crippen LogP contribution in [0.2, 0.25) is 0 Å². The molecule has 0 saturated carbocycles. The molecule has 3 aromatic rings. The van der Waals surface area contributed by atoms with Crippen molar-refractivity contribution in [1.82, 2.24) is 20.3 Å². The van der Waals surface area contributed by atoms with Crippen molar-refractivity contribution in [2.24, 2.45) is 5.92 Å². The van der Waals surface area contributed by atoms with Crippen molar-refractivity contribution in [3.8, 4) is 17.3 Å². The number of aromatic amines is 1. The number of ether oxygens (including phenoxy) is 1. The smallest absolute Gasteiger partial charge is 0.213 e. The molecular weight excluding hydrogens is 384 g/mol. The average molecular weight is 421 g/mol. The van der Waals surface area contributed by atoms with Crippen LogP contribution < -0.4 is 10.1 Å². The van der Waals surface area contributed by atoms with Crippen LogP contribution in [0.25, 0.3) is 22.4 Å². The maximum absolute atomic E-state index is 5.95. The zero-order valence-corrected chi connectivity index (χ0v) is 19.4. The molecule has 1 aliphatic heterocycles. The van der Waals surface area contributed by atoms with Crippen molar-refractivity contribution in [1.29, 1.82) is 0 Å². The number of piperidine rings is 1. The number of nitrogens with zero attached hydrogens (tertiary/aromatic N) is 2. The van der Waals surface area contributed by atoms with Crippen molar-refractivity contribution in [2.45, 2.75) is 65.2 Å². The van der Waals surface area contributed by atoms with Crippen LogP contribution in [-0.2, 0) is 5.41 Å². The Morgan fingerprint density at radius 1 is 1.10 bits per heavy atom. The summed E-state index contributed by atoms with van der Waals surface area (Å²) in [5.41, 5.74) is 5.79. The second-order valence-corrected chi connectivity index (χ2v) is 9.89. The molecule has 1 aromatic carbocycles. The number of unbranched alkanes of at least 4 members (excludes halogenated alkanes) is 1. The first-order valence-electron chi connectivity index (χ1n) is 11.7. The lowest BCUT2D eigenvalue weighted by molar-refractivity contribution is 0.279. The number of aryl methyl sites for hydroxylation is 1. The van der Waals surface area contributed by atoms with Gasteiger partial charge in [0.15, 0.2) is 0 Å². The molecule has 2 N–H and O–H groups in total. The topological polar surface area (TPSA) is 62.8 Å². The molecule has 1 fully saturated rings. The van der Waals surface area contributed by atoms with Crippen LogP contribution in [0.4, 0.5) is 0 Å². The zero-order chi connectivity index (χ0) is 21.8. The minimum atomic E-state index is 0.100. The molecule has 1 saturated heterocycles. The summed E-state index contributed by atoms with van der Waals surface area (Å²) in [5, 5.41) is 3.44. The number of imidazole rings is 1. The third-order valence-corrected chi connectivity index (χ3v) is 6.44. The van der Waals surface area contributed by atoms with E-state index in [0.717, 1.165) is 41.4 Å². The van der Waals surface area contributed by atoms with E-state index in [1.165, 1.54) is 49.9 Å². The van der Waals surface area contributed by atoms with Gasteiger partial charge in [-0.25, -0.2) is 9.97 Å². The molecule has 0 unspecified atom stereocenters. The van der Waals surface area contributed by atoms with Crippen LogP contribution in [-0.4, -0.2) is 34.6 Å². The Bertz CT molecular complexity index is 1010. The average Bonchev–Trinajstić information content (AvgIpc) is 3.19. The summed E-state index contributed by atoms with van der Waals surface area (Å²) in [4.78, 5) is 12.8. The lowest BCUT2D eigenvalue weighted by Gasteiger charge is -2.22. The number of H-pyrrole nitrogens is 1. The molecule has 0 amide bonds. The molecule has 0 bridgehead atoms. The normalized spacial score (nSPS) is 15.5. The highest BCUT2D eigenvalue weighted by molar-refractivity contribution is 5.83. The number of hydrogen-bond acceptors (Lipinski definition) is 4. The lowest BCUT2D eigenvalue weighted by Crippen LogP contribution is -2.27. The fraction of sp³-hybridized carbons (Fsp3) is 0.538. The van der Waals surface area contributed by atoms with Gasteiger partial charge in [0.25, 0.3) is 0 Å². The Hall–Kier alpha value is -2.40. The molecular formula is C26H36N4O. The first kappa shape index (κ1) is 21.8. The molecule has 31 heavy (non-hydrogen) atoms. The van der Waals surface area contributed by atoms with Crippen LogP contribution in [0.1, 0.15) is 64.0 Å². The fourth-order valence-electron chi connectivity index (χ4n) is 4.68. The predicted octanol–water partition coefficient (Wildman–Crippen LogP) is 5.78. The number of pyridine rings is 1. The van der Waals surface area contributed by atoms with Gasteiger partial charge >= 0.3 is 0 Å². The Kier molecular flexibility index (Phi) is 6.61. The van der Waals surface area contributed by atoms with E-state index in [9.17, 15) is 0 Å². The van der Waals surface area contributed by atoms with Crippen molar-refractivity contribution < 1.29 is 4.74 Å². The molecule has 0 radical (unpaired) electrons. The summed E-state index contributed by atoms with van der Waals surface area (Å²) in [5.74, 6) is 2.42. The molecule has 4 rings (SSSR count). The molecule has 0 spiro atoms. The van der Waals surface area contributed by atoms with Gasteiger partial charge in [-0.05, 0) is 80.3 Å². The third kappa shape index (κ3) is 5.27. The van der Waals surface area contributed by atoms with Crippen molar-refractivity contribution >= 4 is 11.0 Å². The monoisotopic (exact) mass is 420 g/mol. The molecule has 3 heterocycles. The summed E-state index contributed by atoms with van der Waals surface area (Å²) < 4.78 is 5.95. The van der Waals surface area contributed by atoms with E-state index in [4.69, 9.17) is 9.72 Å². The minimum Gasteiger partial charge on any atom is -0.478 e. The van der Waals surface area contributed by atoms with Gasteiger partial charge in [-0.2, -0.15) is 0 Å². The highest BCUT2D eigenvalue weighted by Gasteiger charge is 2.19. The largest absolute Gasteiger partial charge is 0.478 e. The summed E-state index contributed by atoms with van der Waals surface area (Å²) in [7, 11) is 0. The van der Waals surface area contributed by atoms with E-state index in [-0.39, 0.29) is 5.41 Å². The molecule has 166 valence electrons. The Morgan fingerprint density at radius 2 is 1.90 bits per heavy atom. The number of fused-ring (bicyclic) bond motifs is 1. The van der Waals surface area contributed by atoms with Crippen LogP contribution in [0, 0.1) is 12.8 Å². The van der Waals surface area contributed by atoms with Gasteiger partial charge in [-0.3, -0.25) is 0 Å². The predicted molar refractivity (Wildman–Crippen MR) is 128 cm³/mol. The summed E-state index contributed by atoms with van der Waals surface area (Å²) in [6.07, 6.45) is 8.06. The molecule has 5 nitrogen and oxygen atoms in total. The van der Waals surface area contributed by atoms with E-state index < -0.39 is 0 Å². The zero-order valence-electron chi connectivity index (χ0n) is 19.4. The van der Waals surface area contributed by atoms with E-state index in [0.29, 0.717) is 5.88 Å². The number of rotatable bonds is 7. The highest BCUT2D eigenvalue weighted by atomic mass is 16.5. The second kappa shape index (κ2) is 9.39. The maximum Gasteiger partial charge on any atom is 0.213 e. The van der Waals surface area contributed by atoms with Crippen molar-refractivity contribution in [3.63, 3.8) is 0 Å². The Balaban J connectivity index is 1.39. The van der Waals surface area contributed by atoms with Gasteiger partial charge in [0.05, 0.1) is 17.6 Å². The first-order valence-corrected chi connectivity index (χ1v) is 11.7. The standard InChI is InChI=1S/C26H36N4O/c1-18-21(26(2,3)4)8-9-22-24(18)30-25(29-22)20-12-15-28-23(17-20)31-16-6-5-7-19-10-13-27-14-11-19/h8-9,12,15,17,19,27H,5-7,10-11,13-14,16H2,1-4H3,(H,29,30). The first-order chi connectivity index (χ1) is 14.9. The third-order valence-electron chi connectivity index (χ3n) is 6.44. The fourth-order valence-corrected chi connectivity index (χ4v) is 4.68. The summed E-state index contributed by atoms with van der Waals surface area (Å²) >= 11 is 0. The molecule has 1 aliphatic rings. The lowest BCUT2D eigenvalue weighted by atomic mass is 9.84. The number of hydrogen-bond donors (Lipinski definition) is 2. The Labute approximate surface area is 186 Å². The van der Waals surface area contributed by atoms with Crippen LogP contribution >= 0.6 is 0 Å². The van der Waals surface area contributed by atoms with Gasteiger partial charge in [-0.15, -0.1) is 0 Å². The van der Waals surface area contributed by atoms with E-state index in [1.807, 2.05) is 12.1 Å². The van der Waals surface area contributed by atoms with Crippen LogP contribution in [0.5, 0.6) is 5.88 Å². The molecule has 0 aliphatic carbocycles. The van der Waals surface area contributed by atoms with Gasteiger partial charge in [0.1, 0.15) is 5.82 Å². The van der Waals surface area contributed by atoms with Crippen molar-refractivity contribution in [2.75, 3.05) is 19.7 Å². The summed E-state index contributed by atoms with van der Waals surface area (Å²) in [6.45, 7) is 12.0. The van der Waals surface area contributed by atoms with E-state index in [1.54, 1.807) is 6.20 Å². The van der Waals surface area contributed by atoms with Gasteiger partial charge < -0.3 is 15.0 Å². The van der Waals surface area contributed by atoms with E-state index in [2.05, 4.69) is 55.1 Å². The second-order valence-electron chi connectivity index (χ2n) is 9.89.